The molecule has 0 heterocycles. The first kappa shape index (κ1) is 16.2. The molecule has 6 heteroatoms. The molecule has 1 atom stereocenters. The molecular formula is C15H13BrClF2NO. The van der Waals surface area contributed by atoms with Crippen LogP contribution >= 0.6 is 27.5 Å². The van der Waals surface area contributed by atoms with E-state index in [-0.39, 0.29) is 22.7 Å². The molecule has 2 N–H and O–H groups in total. The van der Waals surface area contributed by atoms with Crippen molar-refractivity contribution in [2.45, 2.75) is 19.6 Å². The smallest absolute Gasteiger partial charge is 0.146 e. The number of halogens is 4. The van der Waals surface area contributed by atoms with Gasteiger partial charge in [0.05, 0.1) is 10.0 Å². The second-order valence-corrected chi connectivity index (χ2v) is 5.87. The lowest BCUT2D eigenvalue weighted by Crippen LogP contribution is -2.09. The number of nitrogens with two attached hydrogens (primary N) is 1. The largest absolute Gasteiger partial charge is 0.488 e. The summed E-state index contributed by atoms with van der Waals surface area (Å²) in [6, 6.07) is 7.13. The average molecular weight is 377 g/mol. The molecule has 0 bridgehead atoms. The van der Waals surface area contributed by atoms with Gasteiger partial charge in [-0.05, 0) is 53.2 Å². The molecule has 112 valence electrons. The van der Waals surface area contributed by atoms with E-state index < -0.39 is 11.6 Å². The van der Waals surface area contributed by atoms with Crippen molar-refractivity contribution < 1.29 is 13.5 Å². The minimum atomic E-state index is -0.675. The van der Waals surface area contributed by atoms with Crippen molar-refractivity contribution in [3.8, 4) is 5.75 Å². The summed E-state index contributed by atoms with van der Waals surface area (Å²) < 4.78 is 33.2. The van der Waals surface area contributed by atoms with Crippen LogP contribution in [0.25, 0.3) is 0 Å². The van der Waals surface area contributed by atoms with Crippen LogP contribution in [0.2, 0.25) is 5.02 Å². The Balaban J connectivity index is 2.27. The summed E-state index contributed by atoms with van der Waals surface area (Å²) in [6.45, 7) is 1.54. The standard InChI is InChI=1S/C15H13BrClF2NO/c1-8(20)10-6-9(17)2-5-14(10)21-7-11-13(18)4-3-12(16)15(11)19/h2-6,8H,7,20H2,1H3/t8-/m0/s1. The maximum Gasteiger partial charge on any atom is 0.146 e. The lowest BCUT2D eigenvalue weighted by atomic mass is 10.1. The highest BCUT2D eigenvalue weighted by Crippen LogP contribution is 2.29. The van der Waals surface area contributed by atoms with Gasteiger partial charge in [-0.25, -0.2) is 8.78 Å². The Morgan fingerprint density at radius 1 is 1.29 bits per heavy atom. The highest BCUT2D eigenvalue weighted by Gasteiger charge is 2.15. The molecule has 0 spiro atoms. The highest BCUT2D eigenvalue weighted by atomic mass is 79.9. The normalized spacial score (nSPS) is 12.3. The van der Waals surface area contributed by atoms with Gasteiger partial charge in [-0.2, -0.15) is 0 Å². The summed E-state index contributed by atoms with van der Waals surface area (Å²) in [5.74, 6) is -0.883. The fourth-order valence-electron chi connectivity index (χ4n) is 1.86. The van der Waals surface area contributed by atoms with Crippen LogP contribution in [0.15, 0.2) is 34.8 Å². The van der Waals surface area contributed by atoms with Crippen LogP contribution in [-0.2, 0) is 6.61 Å². The van der Waals surface area contributed by atoms with Crippen molar-refractivity contribution >= 4 is 27.5 Å². The number of benzene rings is 2. The van der Waals surface area contributed by atoms with Gasteiger partial charge in [0.15, 0.2) is 0 Å². The van der Waals surface area contributed by atoms with E-state index in [1.807, 2.05) is 0 Å². The van der Waals surface area contributed by atoms with E-state index in [1.54, 1.807) is 25.1 Å². The van der Waals surface area contributed by atoms with Crippen LogP contribution < -0.4 is 10.5 Å². The van der Waals surface area contributed by atoms with Crippen LogP contribution in [0.4, 0.5) is 8.78 Å². The molecule has 21 heavy (non-hydrogen) atoms. The Hall–Kier alpha value is -1.17. The van der Waals surface area contributed by atoms with Crippen molar-refractivity contribution in [2.75, 3.05) is 0 Å². The van der Waals surface area contributed by atoms with Crippen LogP contribution in [0.1, 0.15) is 24.1 Å². The minimum absolute atomic E-state index is 0.144. The third-order valence-electron chi connectivity index (χ3n) is 2.97. The summed E-state index contributed by atoms with van der Waals surface area (Å²) in [5, 5.41) is 0.523. The van der Waals surface area contributed by atoms with E-state index >= 15 is 0 Å². The fraction of sp³-hybridized carbons (Fsp3) is 0.200. The van der Waals surface area contributed by atoms with E-state index in [0.717, 1.165) is 0 Å². The second-order valence-electron chi connectivity index (χ2n) is 4.58. The van der Waals surface area contributed by atoms with Gasteiger partial charge < -0.3 is 10.5 Å². The van der Waals surface area contributed by atoms with E-state index in [4.69, 9.17) is 22.1 Å². The van der Waals surface area contributed by atoms with Gasteiger partial charge in [-0.1, -0.05) is 11.6 Å². The maximum absolute atomic E-state index is 13.9. The zero-order chi connectivity index (χ0) is 15.6. The summed E-state index contributed by atoms with van der Waals surface area (Å²) >= 11 is 8.93. The Bertz CT molecular complexity index is 664. The quantitative estimate of drug-likeness (QED) is 0.764. The molecule has 0 fully saturated rings. The van der Waals surface area contributed by atoms with Crippen LogP contribution in [0, 0.1) is 11.6 Å². The molecule has 0 saturated heterocycles. The predicted octanol–water partition coefficient (Wildman–Crippen LogP) is 4.98. The molecule has 0 unspecified atom stereocenters. The van der Waals surface area contributed by atoms with Crippen molar-refractivity contribution in [3.63, 3.8) is 0 Å². The third-order valence-corrected chi connectivity index (χ3v) is 3.82. The van der Waals surface area contributed by atoms with Gasteiger partial charge in [0, 0.05) is 16.6 Å². The molecule has 0 aromatic heterocycles. The Labute approximate surface area is 135 Å². The monoisotopic (exact) mass is 375 g/mol. The molecular weight excluding hydrogens is 364 g/mol. The number of hydrogen-bond donors (Lipinski definition) is 1. The van der Waals surface area contributed by atoms with Gasteiger partial charge in [-0.15, -0.1) is 0 Å². The number of rotatable bonds is 4. The first-order valence-electron chi connectivity index (χ1n) is 6.20. The average Bonchev–Trinajstić information content (AvgIpc) is 2.44. The molecule has 0 aliphatic heterocycles. The highest BCUT2D eigenvalue weighted by molar-refractivity contribution is 9.10. The van der Waals surface area contributed by atoms with Crippen LogP contribution in [0.3, 0.4) is 0 Å². The van der Waals surface area contributed by atoms with Crippen molar-refractivity contribution in [2.24, 2.45) is 5.73 Å². The van der Waals surface area contributed by atoms with Gasteiger partial charge >= 0.3 is 0 Å². The first-order chi connectivity index (χ1) is 9.90. The van der Waals surface area contributed by atoms with E-state index in [1.165, 1.54) is 12.1 Å². The maximum atomic E-state index is 13.9. The summed E-state index contributed by atoms with van der Waals surface area (Å²) in [6.07, 6.45) is 0. The van der Waals surface area contributed by atoms with Crippen molar-refractivity contribution in [3.05, 3.63) is 62.6 Å². The lowest BCUT2D eigenvalue weighted by molar-refractivity contribution is 0.288. The molecule has 2 aromatic rings. The topological polar surface area (TPSA) is 35.2 Å². The predicted molar refractivity (Wildman–Crippen MR) is 82.4 cm³/mol. The van der Waals surface area contributed by atoms with Gasteiger partial charge in [0.1, 0.15) is 24.0 Å². The van der Waals surface area contributed by atoms with Crippen LogP contribution in [-0.4, -0.2) is 0 Å². The Kier molecular flexibility index (Phi) is 5.19. The van der Waals surface area contributed by atoms with Gasteiger partial charge in [0.25, 0.3) is 0 Å². The summed E-state index contributed by atoms with van der Waals surface area (Å²) in [4.78, 5) is 0. The first-order valence-corrected chi connectivity index (χ1v) is 7.37. The Morgan fingerprint density at radius 3 is 2.67 bits per heavy atom. The van der Waals surface area contributed by atoms with E-state index in [0.29, 0.717) is 16.3 Å². The molecule has 0 saturated carbocycles. The fourth-order valence-corrected chi connectivity index (χ4v) is 2.41. The zero-order valence-electron chi connectivity index (χ0n) is 11.2. The molecule has 0 radical (unpaired) electrons. The van der Waals surface area contributed by atoms with Crippen molar-refractivity contribution in [1.29, 1.82) is 0 Å². The molecule has 2 aromatic carbocycles. The molecule has 2 rings (SSSR count). The third kappa shape index (κ3) is 3.73. The molecule has 2 nitrogen and oxygen atoms in total. The zero-order valence-corrected chi connectivity index (χ0v) is 13.5. The molecule has 0 aliphatic carbocycles. The summed E-state index contributed by atoms with van der Waals surface area (Å²) in [7, 11) is 0. The summed E-state index contributed by atoms with van der Waals surface area (Å²) in [5.41, 5.74) is 6.38. The molecule has 0 amide bonds. The molecule has 0 aliphatic rings. The van der Waals surface area contributed by atoms with Crippen molar-refractivity contribution in [1.82, 2.24) is 0 Å². The van der Waals surface area contributed by atoms with Gasteiger partial charge in [-0.3, -0.25) is 0 Å². The Morgan fingerprint density at radius 2 is 2.00 bits per heavy atom. The minimum Gasteiger partial charge on any atom is -0.488 e. The van der Waals surface area contributed by atoms with Crippen LogP contribution in [0.5, 0.6) is 5.75 Å². The van der Waals surface area contributed by atoms with Gasteiger partial charge in [0.2, 0.25) is 0 Å². The number of hydrogen-bond acceptors (Lipinski definition) is 2. The van der Waals surface area contributed by atoms with E-state index in [9.17, 15) is 8.78 Å². The number of ether oxygens (including phenoxy) is 1. The van der Waals surface area contributed by atoms with E-state index in [2.05, 4.69) is 15.9 Å². The second kappa shape index (κ2) is 6.73. The lowest BCUT2D eigenvalue weighted by Gasteiger charge is -2.15. The SMILES string of the molecule is C[C@H](N)c1cc(Cl)ccc1OCc1c(F)ccc(Br)c1F.